The molecule has 1 aromatic rings. The molecule has 0 saturated carbocycles. The van der Waals surface area contributed by atoms with E-state index in [1.54, 1.807) is 6.92 Å². The molecule has 0 spiro atoms. The Labute approximate surface area is 97.6 Å². The second-order valence-electron chi connectivity index (χ2n) is 4.16. The molecule has 94 valence electrons. The average Bonchev–Trinajstić information content (AvgIpc) is 2.72. The summed E-state index contributed by atoms with van der Waals surface area (Å²) in [6.07, 6.45) is -0.638. The highest BCUT2D eigenvalue weighted by molar-refractivity contribution is 5.41. The first-order valence-corrected chi connectivity index (χ1v) is 5.53. The fourth-order valence-electron chi connectivity index (χ4n) is 2.24. The summed E-state index contributed by atoms with van der Waals surface area (Å²) in [5.41, 5.74) is 0.371. The quantitative estimate of drug-likeness (QED) is 0.796. The Morgan fingerprint density at radius 1 is 1.41 bits per heavy atom. The van der Waals surface area contributed by atoms with Gasteiger partial charge in [-0.05, 0) is 30.9 Å². The first-order chi connectivity index (χ1) is 8.04. The van der Waals surface area contributed by atoms with Gasteiger partial charge in [0.25, 0.3) is 0 Å². The topological polar surface area (TPSA) is 49.7 Å². The molecule has 0 saturated heterocycles. The number of aliphatic hydroxyl groups is 1. The van der Waals surface area contributed by atoms with Crippen LogP contribution in [0.15, 0.2) is 6.07 Å². The first kappa shape index (κ1) is 12.3. The monoisotopic (exact) mass is 244 g/mol. The van der Waals surface area contributed by atoms with E-state index in [-0.39, 0.29) is 29.9 Å². The second-order valence-corrected chi connectivity index (χ2v) is 4.16. The van der Waals surface area contributed by atoms with Crippen LogP contribution in [-0.2, 0) is 17.6 Å². The molecular weight excluding hydrogens is 230 g/mol. The number of aliphatic hydroxyl groups excluding tert-OH is 1. The molecule has 2 atom stereocenters. The van der Waals surface area contributed by atoms with Gasteiger partial charge in [-0.3, -0.25) is 0 Å². The molecule has 2 rings (SSSR count). The van der Waals surface area contributed by atoms with Crippen molar-refractivity contribution < 1.29 is 23.7 Å². The molecule has 2 unspecified atom stereocenters. The number of benzene rings is 1. The zero-order chi connectivity index (χ0) is 12.6. The van der Waals surface area contributed by atoms with E-state index in [9.17, 15) is 19.0 Å². The highest BCUT2D eigenvalue weighted by Gasteiger charge is 2.33. The molecule has 0 fully saturated rings. The van der Waals surface area contributed by atoms with Crippen LogP contribution in [0.3, 0.4) is 0 Å². The minimum absolute atomic E-state index is 0.145. The summed E-state index contributed by atoms with van der Waals surface area (Å²) in [5, 5.41) is 18.8. The zero-order valence-electron chi connectivity index (χ0n) is 9.41. The largest absolute Gasteiger partial charge is 0.505 e. The molecule has 0 aliphatic heterocycles. The van der Waals surface area contributed by atoms with Gasteiger partial charge in [0.2, 0.25) is 0 Å². The Balaban J connectivity index is 2.27. The molecule has 17 heavy (non-hydrogen) atoms. The molecule has 1 aliphatic carbocycles. The molecule has 5 heteroatoms. The van der Waals surface area contributed by atoms with E-state index in [0.717, 1.165) is 6.07 Å². The van der Waals surface area contributed by atoms with Crippen molar-refractivity contribution in [2.45, 2.75) is 26.1 Å². The number of hydrogen-bond donors (Lipinski definition) is 2. The van der Waals surface area contributed by atoms with Gasteiger partial charge in [0, 0.05) is 18.6 Å². The Morgan fingerprint density at radius 3 is 2.71 bits per heavy atom. The molecule has 0 bridgehead atoms. The van der Waals surface area contributed by atoms with E-state index in [1.807, 2.05) is 0 Å². The van der Waals surface area contributed by atoms with Crippen molar-refractivity contribution in [3.05, 3.63) is 28.8 Å². The summed E-state index contributed by atoms with van der Waals surface area (Å²) in [6, 6.07) is 0.767. The molecule has 2 N–H and O–H groups in total. The minimum Gasteiger partial charge on any atom is -0.505 e. The number of fused-ring (bicyclic) bond motifs is 1. The van der Waals surface area contributed by atoms with Gasteiger partial charge < -0.3 is 14.9 Å². The molecule has 0 radical (unpaired) electrons. The van der Waals surface area contributed by atoms with Crippen molar-refractivity contribution >= 4 is 0 Å². The van der Waals surface area contributed by atoms with E-state index < -0.39 is 23.7 Å². The van der Waals surface area contributed by atoms with Crippen molar-refractivity contribution in [1.29, 1.82) is 0 Å². The third-order valence-electron chi connectivity index (χ3n) is 3.08. The maximum Gasteiger partial charge on any atom is 0.168 e. The number of rotatable bonds is 3. The summed E-state index contributed by atoms with van der Waals surface area (Å²) in [6.45, 7) is 2.07. The number of phenolic OH excluding ortho intramolecular Hbond substituents is 1. The van der Waals surface area contributed by atoms with Crippen LogP contribution in [-0.4, -0.2) is 23.1 Å². The fourth-order valence-corrected chi connectivity index (χ4v) is 2.24. The van der Waals surface area contributed by atoms with E-state index in [4.69, 9.17) is 4.74 Å². The van der Waals surface area contributed by atoms with Crippen LogP contribution in [0.25, 0.3) is 0 Å². The van der Waals surface area contributed by atoms with Crippen molar-refractivity contribution in [1.82, 2.24) is 0 Å². The van der Waals surface area contributed by atoms with Crippen molar-refractivity contribution in [3.8, 4) is 5.75 Å². The Bertz CT molecular complexity index is 434. The van der Waals surface area contributed by atoms with Gasteiger partial charge in [-0.25, -0.2) is 8.78 Å². The van der Waals surface area contributed by atoms with Gasteiger partial charge in [-0.15, -0.1) is 0 Å². The van der Waals surface area contributed by atoms with Crippen LogP contribution in [0.5, 0.6) is 5.75 Å². The summed E-state index contributed by atoms with van der Waals surface area (Å²) in [5.74, 6) is -2.48. The van der Waals surface area contributed by atoms with Crippen LogP contribution < -0.4 is 0 Å². The summed E-state index contributed by atoms with van der Waals surface area (Å²) >= 11 is 0. The molecule has 1 aromatic carbocycles. The lowest BCUT2D eigenvalue weighted by molar-refractivity contribution is -0.128. The van der Waals surface area contributed by atoms with E-state index in [2.05, 4.69) is 0 Å². The van der Waals surface area contributed by atoms with Gasteiger partial charge >= 0.3 is 0 Å². The van der Waals surface area contributed by atoms with Crippen molar-refractivity contribution in [2.24, 2.45) is 5.92 Å². The summed E-state index contributed by atoms with van der Waals surface area (Å²) in [7, 11) is 0. The molecule has 0 heterocycles. The maximum atomic E-state index is 13.6. The second kappa shape index (κ2) is 4.58. The number of aromatic hydroxyl groups is 1. The van der Waals surface area contributed by atoms with Gasteiger partial charge in [0.05, 0.1) is 0 Å². The fraction of sp³-hybridized carbons (Fsp3) is 0.500. The smallest absolute Gasteiger partial charge is 0.168 e. The van der Waals surface area contributed by atoms with Crippen molar-refractivity contribution in [3.63, 3.8) is 0 Å². The predicted octanol–water partition coefficient (Wildman–Crippen LogP) is 1.74. The third-order valence-corrected chi connectivity index (χ3v) is 3.08. The normalized spacial score (nSPS) is 20.4. The summed E-state index contributed by atoms with van der Waals surface area (Å²) < 4.78 is 32.1. The third kappa shape index (κ3) is 2.12. The molecular formula is C12H14F2O3. The SMILES string of the molecule is CCOC(O)C1Cc2c(F)cc(O)c(F)c2C1. The number of ether oxygens (including phenoxy) is 1. The maximum absolute atomic E-state index is 13.6. The van der Waals surface area contributed by atoms with Gasteiger partial charge in [-0.2, -0.15) is 0 Å². The summed E-state index contributed by atoms with van der Waals surface area (Å²) in [4.78, 5) is 0. The van der Waals surface area contributed by atoms with Gasteiger partial charge in [0.1, 0.15) is 5.82 Å². The van der Waals surface area contributed by atoms with E-state index >= 15 is 0 Å². The van der Waals surface area contributed by atoms with E-state index in [0.29, 0.717) is 6.61 Å². The number of halogens is 2. The first-order valence-electron chi connectivity index (χ1n) is 5.53. The predicted molar refractivity (Wildman–Crippen MR) is 56.6 cm³/mol. The minimum atomic E-state index is -1.03. The number of hydrogen-bond acceptors (Lipinski definition) is 3. The lowest BCUT2D eigenvalue weighted by Gasteiger charge is -2.16. The lowest BCUT2D eigenvalue weighted by atomic mass is 10.1. The molecule has 0 amide bonds. The van der Waals surface area contributed by atoms with Crippen LogP contribution in [0.2, 0.25) is 0 Å². The van der Waals surface area contributed by atoms with E-state index in [1.165, 1.54) is 0 Å². The Morgan fingerprint density at radius 2 is 2.06 bits per heavy atom. The van der Waals surface area contributed by atoms with Gasteiger partial charge in [0.15, 0.2) is 17.9 Å². The Kier molecular flexibility index (Phi) is 3.31. The van der Waals surface area contributed by atoms with Crippen LogP contribution in [0, 0.1) is 17.6 Å². The average molecular weight is 244 g/mol. The lowest BCUT2D eigenvalue weighted by Crippen LogP contribution is -2.24. The van der Waals surface area contributed by atoms with Crippen molar-refractivity contribution in [2.75, 3.05) is 6.61 Å². The van der Waals surface area contributed by atoms with Crippen LogP contribution in [0.4, 0.5) is 8.78 Å². The van der Waals surface area contributed by atoms with Crippen LogP contribution >= 0.6 is 0 Å². The molecule has 3 nitrogen and oxygen atoms in total. The molecule has 1 aliphatic rings. The number of phenols is 1. The molecule has 0 aromatic heterocycles. The highest BCUT2D eigenvalue weighted by atomic mass is 19.1. The standard InChI is InChI=1S/C12H14F2O3/c1-2-17-12(16)6-3-7-8(4-6)11(14)10(15)5-9(7)13/h5-6,12,15-16H,2-4H2,1H3. The van der Waals surface area contributed by atoms with Crippen LogP contribution in [0.1, 0.15) is 18.1 Å². The van der Waals surface area contributed by atoms with Gasteiger partial charge in [-0.1, -0.05) is 0 Å². The highest BCUT2D eigenvalue weighted by Crippen LogP contribution is 2.36. The Hall–Kier alpha value is -1.20. The zero-order valence-corrected chi connectivity index (χ0v) is 9.41.